The highest BCUT2D eigenvalue weighted by atomic mass is 35.5. The van der Waals surface area contributed by atoms with Crippen molar-refractivity contribution in [1.29, 1.82) is 0 Å². The SMILES string of the molecule is COc1ccccc1[C@@H](C)NC(=O)CCNC(=O)c1ccc(Cl)cc1. The van der Waals surface area contributed by atoms with Gasteiger partial charge in [0.15, 0.2) is 0 Å². The van der Waals surface area contributed by atoms with E-state index >= 15 is 0 Å². The fourth-order valence-electron chi connectivity index (χ4n) is 2.41. The van der Waals surface area contributed by atoms with Gasteiger partial charge >= 0.3 is 0 Å². The van der Waals surface area contributed by atoms with E-state index in [2.05, 4.69) is 10.6 Å². The second kappa shape index (κ2) is 9.08. The van der Waals surface area contributed by atoms with E-state index in [-0.39, 0.29) is 30.8 Å². The van der Waals surface area contributed by atoms with E-state index in [0.29, 0.717) is 10.6 Å². The van der Waals surface area contributed by atoms with Crippen molar-refractivity contribution in [2.24, 2.45) is 0 Å². The van der Waals surface area contributed by atoms with Crippen LogP contribution in [0.15, 0.2) is 48.5 Å². The first-order chi connectivity index (χ1) is 12.0. The molecule has 1 atom stereocenters. The van der Waals surface area contributed by atoms with Crippen molar-refractivity contribution in [3.63, 3.8) is 0 Å². The van der Waals surface area contributed by atoms with Gasteiger partial charge in [-0.2, -0.15) is 0 Å². The van der Waals surface area contributed by atoms with E-state index in [1.807, 2.05) is 31.2 Å². The molecule has 0 saturated heterocycles. The fourth-order valence-corrected chi connectivity index (χ4v) is 2.53. The average Bonchev–Trinajstić information content (AvgIpc) is 2.62. The molecule has 2 rings (SSSR count). The number of hydrogen-bond donors (Lipinski definition) is 2. The molecule has 2 aromatic rings. The Hall–Kier alpha value is -2.53. The number of nitrogens with one attached hydrogen (secondary N) is 2. The minimum atomic E-state index is -0.234. The van der Waals surface area contributed by atoms with Crippen LogP contribution in [0.25, 0.3) is 0 Å². The molecule has 0 unspecified atom stereocenters. The first-order valence-corrected chi connectivity index (χ1v) is 8.35. The van der Waals surface area contributed by atoms with E-state index in [1.165, 1.54) is 0 Å². The summed E-state index contributed by atoms with van der Waals surface area (Å²) in [5.74, 6) is 0.350. The van der Waals surface area contributed by atoms with Gasteiger partial charge in [0, 0.05) is 29.1 Å². The number of rotatable bonds is 7. The minimum absolute atomic E-state index is 0.144. The lowest BCUT2D eigenvalue weighted by molar-refractivity contribution is -0.121. The van der Waals surface area contributed by atoms with Gasteiger partial charge < -0.3 is 15.4 Å². The highest BCUT2D eigenvalue weighted by molar-refractivity contribution is 6.30. The van der Waals surface area contributed by atoms with Gasteiger partial charge in [0.25, 0.3) is 5.91 Å². The Labute approximate surface area is 152 Å². The smallest absolute Gasteiger partial charge is 0.251 e. The maximum atomic E-state index is 12.1. The number of carbonyl (C=O) groups excluding carboxylic acids is 2. The quantitative estimate of drug-likeness (QED) is 0.795. The minimum Gasteiger partial charge on any atom is -0.496 e. The van der Waals surface area contributed by atoms with Crippen LogP contribution in [-0.4, -0.2) is 25.5 Å². The summed E-state index contributed by atoms with van der Waals surface area (Å²) in [6, 6.07) is 13.9. The van der Waals surface area contributed by atoms with Crippen LogP contribution in [0.3, 0.4) is 0 Å². The number of methoxy groups -OCH3 is 1. The second-order valence-corrected chi connectivity index (χ2v) is 5.98. The van der Waals surface area contributed by atoms with Crippen LogP contribution < -0.4 is 15.4 Å². The van der Waals surface area contributed by atoms with Crippen molar-refractivity contribution in [2.75, 3.05) is 13.7 Å². The third-order valence-corrected chi connectivity index (χ3v) is 3.98. The molecule has 2 N–H and O–H groups in total. The molecule has 25 heavy (non-hydrogen) atoms. The molecule has 0 aliphatic rings. The zero-order valence-electron chi connectivity index (χ0n) is 14.2. The van der Waals surface area contributed by atoms with Crippen LogP contribution in [0.1, 0.15) is 35.3 Å². The molecule has 0 aliphatic carbocycles. The average molecular weight is 361 g/mol. The van der Waals surface area contributed by atoms with Crippen molar-refractivity contribution < 1.29 is 14.3 Å². The Morgan fingerprint density at radius 3 is 2.48 bits per heavy atom. The maximum Gasteiger partial charge on any atom is 0.251 e. The largest absolute Gasteiger partial charge is 0.496 e. The Kier molecular flexibility index (Phi) is 6.83. The van der Waals surface area contributed by atoms with E-state index in [9.17, 15) is 9.59 Å². The predicted octanol–water partition coefficient (Wildman–Crippen LogP) is 3.35. The van der Waals surface area contributed by atoms with E-state index < -0.39 is 0 Å². The van der Waals surface area contributed by atoms with Gasteiger partial charge in [-0.3, -0.25) is 9.59 Å². The third-order valence-electron chi connectivity index (χ3n) is 3.73. The lowest BCUT2D eigenvalue weighted by Gasteiger charge is -2.17. The highest BCUT2D eigenvalue weighted by Crippen LogP contribution is 2.24. The molecule has 0 saturated carbocycles. The maximum absolute atomic E-state index is 12.1. The standard InChI is InChI=1S/C19H21ClN2O3/c1-13(16-5-3-4-6-17(16)25-2)22-18(23)11-12-21-19(24)14-7-9-15(20)10-8-14/h3-10,13H,11-12H2,1-2H3,(H,21,24)(H,22,23)/t13-/m1/s1. The van der Waals surface area contributed by atoms with E-state index in [0.717, 1.165) is 11.3 Å². The highest BCUT2D eigenvalue weighted by Gasteiger charge is 2.13. The van der Waals surface area contributed by atoms with Gasteiger partial charge in [0.2, 0.25) is 5.91 Å². The lowest BCUT2D eigenvalue weighted by atomic mass is 10.1. The van der Waals surface area contributed by atoms with E-state index in [4.69, 9.17) is 16.3 Å². The van der Waals surface area contributed by atoms with Crippen LogP contribution in [-0.2, 0) is 4.79 Å². The van der Waals surface area contributed by atoms with E-state index in [1.54, 1.807) is 31.4 Å². The summed E-state index contributed by atoms with van der Waals surface area (Å²) in [6.45, 7) is 2.15. The van der Waals surface area contributed by atoms with Crippen LogP contribution in [0, 0.1) is 0 Å². The van der Waals surface area contributed by atoms with Crippen molar-refractivity contribution in [3.8, 4) is 5.75 Å². The summed E-state index contributed by atoms with van der Waals surface area (Å²) in [5, 5.41) is 6.19. The van der Waals surface area contributed by atoms with Gasteiger partial charge in [-0.15, -0.1) is 0 Å². The number of benzene rings is 2. The van der Waals surface area contributed by atoms with Crippen molar-refractivity contribution in [3.05, 3.63) is 64.7 Å². The molecule has 0 fully saturated rings. The van der Waals surface area contributed by atoms with Crippen LogP contribution in [0.2, 0.25) is 5.02 Å². The molecular formula is C19H21ClN2O3. The Morgan fingerprint density at radius 1 is 1.12 bits per heavy atom. The molecule has 0 aliphatic heterocycles. The summed E-state index contributed by atoms with van der Waals surface area (Å²) in [7, 11) is 1.60. The molecule has 2 aromatic carbocycles. The van der Waals surface area contributed by atoms with Gasteiger partial charge in [-0.05, 0) is 37.3 Å². The zero-order valence-corrected chi connectivity index (χ0v) is 15.0. The molecule has 0 spiro atoms. The van der Waals surface area contributed by atoms with Crippen LogP contribution >= 0.6 is 11.6 Å². The van der Waals surface area contributed by atoms with Crippen LogP contribution in [0.5, 0.6) is 5.75 Å². The number of hydrogen-bond acceptors (Lipinski definition) is 3. The van der Waals surface area contributed by atoms with Gasteiger partial charge in [0.05, 0.1) is 13.2 Å². The monoisotopic (exact) mass is 360 g/mol. The van der Waals surface area contributed by atoms with Gasteiger partial charge in [-0.25, -0.2) is 0 Å². The number of ether oxygens (including phenoxy) is 1. The molecule has 5 nitrogen and oxygen atoms in total. The summed E-state index contributed by atoms with van der Waals surface area (Å²) in [6.07, 6.45) is 0.193. The molecule has 0 radical (unpaired) electrons. The summed E-state index contributed by atoms with van der Waals surface area (Å²) in [5.41, 5.74) is 1.41. The Morgan fingerprint density at radius 2 is 1.80 bits per heavy atom. The first-order valence-electron chi connectivity index (χ1n) is 7.97. The normalized spacial score (nSPS) is 11.5. The molecule has 132 valence electrons. The Balaban J connectivity index is 1.80. The van der Waals surface area contributed by atoms with Crippen molar-refractivity contribution in [1.82, 2.24) is 10.6 Å². The summed E-state index contributed by atoms with van der Waals surface area (Å²) < 4.78 is 5.30. The molecule has 6 heteroatoms. The van der Waals surface area contributed by atoms with Crippen LogP contribution in [0.4, 0.5) is 0 Å². The van der Waals surface area contributed by atoms with Gasteiger partial charge in [-0.1, -0.05) is 29.8 Å². The zero-order chi connectivity index (χ0) is 18.2. The molecular weight excluding hydrogens is 340 g/mol. The fraction of sp³-hybridized carbons (Fsp3) is 0.263. The number of halogens is 1. The number of para-hydroxylation sites is 1. The van der Waals surface area contributed by atoms with Crippen molar-refractivity contribution >= 4 is 23.4 Å². The molecule has 2 amide bonds. The second-order valence-electron chi connectivity index (χ2n) is 5.54. The lowest BCUT2D eigenvalue weighted by Crippen LogP contribution is -2.32. The molecule has 0 aromatic heterocycles. The number of amides is 2. The number of carbonyl (C=O) groups is 2. The summed E-state index contributed by atoms with van der Waals surface area (Å²) >= 11 is 5.79. The Bertz CT molecular complexity index is 732. The summed E-state index contributed by atoms with van der Waals surface area (Å²) in [4.78, 5) is 24.0. The van der Waals surface area contributed by atoms with Gasteiger partial charge in [0.1, 0.15) is 5.75 Å². The molecule has 0 heterocycles. The topological polar surface area (TPSA) is 67.4 Å². The first kappa shape index (κ1) is 18.8. The third kappa shape index (κ3) is 5.50. The molecule has 0 bridgehead atoms. The van der Waals surface area contributed by atoms with Crippen molar-refractivity contribution in [2.45, 2.75) is 19.4 Å². The predicted molar refractivity (Wildman–Crippen MR) is 98.0 cm³/mol.